The number of methoxy groups -OCH3 is 1. The lowest BCUT2D eigenvalue weighted by atomic mass is 9.63. The van der Waals surface area contributed by atoms with Gasteiger partial charge in [0.05, 0.1) is 18.6 Å². The number of Topliss-reactive ketones (excluding diaryl/α,β-unsaturated/α-hetero) is 1. The average Bonchev–Trinajstić information content (AvgIpc) is 3.35. The third-order valence-electron chi connectivity index (χ3n) is 6.80. The van der Waals surface area contributed by atoms with Crippen molar-refractivity contribution >= 4 is 15.8 Å². The number of azo groups is 1. The van der Waals surface area contributed by atoms with Crippen LogP contribution in [0.5, 0.6) is 5.75 Å². The Morgan fingerprint density at radius 3 is 2.81 bits per heavy atom. The molecule has 9 heteroatoms. The summed E-state index contributed by atoms with van der Waals surface area (Å²) >= 11 is 0. The third-order valence-corrected chi connectivity index (χ3v) is 8.64. The van der Waals surface area contributed by atoms with Crippen LogP contribution in [0.4, 0.5) is 0 Å². The molecule has 1 fully saturated rings. The summed E-state index contributed by atoms with van der Waals surface area (Å²) in [5.41, 5.74) is 1.73. The number of sulfonamides is 1. The van der Waals surface area contributed by atoms with Crippen molar-refractivity contribution in [3.8, 4) is 5.75 Å². The fourth-order valence-corrected chi connectivity index (χ4v) is 6.94. The van der Waals surface area contributed by atoms with Crippen LogP contribution < -0.4 is 10.1 Å². The Hall–Kier alpha value is -2.52. The average molecular weight is 443 g/mol. The Kier molecular flexibility index (Phi) is 4.43. The first kappa shape index (κ1) is 20.4. The summed E-state index contributed by atoms with van der Waals surface area (Å²) in [5, 5.41) is 11.8. The molecule has 8 nitrogen and oxygen atoms in total. The minimum Gasteiger partial charge on any atom is -0.497 e. The Labute approximate surface area is 182 Å². The molecule has 3 heterocycles. The Bertz CT molecular complexity index is 1180. The molecule has 1 spiro atoms. The van der Waals surface area contributed by atoms with Gasteiger partial charge in [0.15, 0.2) is 11.6 Å². The summed E-state index contributed by atoms with van der Waals surface area (Å²) < 4.78 is 33.6. The maximum atomic E-state index is 13.5. The van der Waals surface area contributed by atoms with Crippen molar-refractivity contribution < 1.29 is 17.9 Å². The van der Waals surface area contributed by atoms with Gasteiger partial charge in [-0.2, -0.15) is 9.42 Å². The van der Waals surface area contributed by atoms with E-state index in [1.807, 2.05) is 0 Å². The van der Waals surface area contributed by atoms with Crippen LogP contribution in [0.15, 0.2) is 62.1 Å². The highest BCUT2D eigenvalue weighted by molar-refractivity contribution is 7.89. The molecule has 0 amide bonds. The number of ether oxygens (including phenoxy) is 1. The number of hydrogen-bond donors (Lipinski definition) is 1. The quantitative estimate of drug-likeness (QED) is 0.776. The van der Waals surface area contributed by atoms with Crippen LogP contribution in [-0.2, 0) is 14.8 Å². The molecule has 1 aromatic carbocycles. The van der Waals surface area contributed by atoms with Gasteiger partial charge in [-0.25, -0.2) is 8.42 Å². The Morgan fingerprint density at radius 1 is 1.23 bits per heavy atom. The second-order valence-corrected chi connectivity index (χ2v) is 11.4. The minimum absolute atomic E-state index is 0.0952. The SMILES string of the molecule is COc1cccc(S(=O)(=O)N2CC[C@]3(C2)C2=C(N=NC2)NC2=C3C(=O)CC(C)(C)C2)c1. The van der Waals surface area contributed by atoms with Gasteiger partial charge in [-0.1, -0.05) is 19.9 Å². The Morgan fingerprint density at radius 2 is 2.03 bits per heavy atom. The van der Waals surface area contributed by atoms with Gasteiger partial charge in [-0.15, -0.1) is 5.11 Å². The molecular weight excluding hydrogens is 416 g/mol. The summed E-state index contributed by atoms with van der Waals surface area (Å²) in [6, 6.07) is 6.50. The molecular formula is C22H26N4O4S. The number of dihydropyridines is 1. The number of allylic oxidation sites excluding steroid dienone is 1. The van der Waals surface area contributed by atoms with E-state index in [9.17, 15) is 13.2 Å². The zero-order chi connectivity index (χ0) is 22.0. The van der Waals surface area contributed by atoms with Gasteiger partial charge in [0.25, 0.3) is 0 Å². The zero-order valence-corrected chi connectivity index (χ0v) is 18.8. The number of nitrogens with zero attached hydrogens (tertiary/aromatic N) is 3. The summed E-state index contributed by atoms with van der Waals surface area (Å²) in [6.45, 7) is 5.12. The van der Waals surface area contributed by atoms with Crippen LogP contribution in [0.3, 0.4) is 0 Å². The minimum atomic E-state index is -3.74. The number of ketones is 1. The van der Waals surface area contributed by atoms with Crippen LogP contribution in [-0.4, -0.2) is 45.3 Å². The van der Waals surface area contributed by atoms with Gasteiger partial charge < -0.3 is 10.1 Å². The van der Waals surface area contributed by atoms with Gasteiger partial charge in [0, 0.05) is 47.8 Å². The van der Waals surface area contributed by atoms with Crippen molar-refractivity contribution in [1.29, 1.82) is 0 Å². The Balaban J connectivity index is 1.57. The molecule has 0 radical (unpaired) electrons. The summed E-state index contributed by atoms with van der Waals surface area (Å²) in [6.07, 6.45) is 1.73. The van der Waals surface area contributed by atoms with E-state index >= 15 is 0 Å². The van der Waals surface area contributed by atoms with E-state index in [1.54, 1.807) is 18.2 Å². The van der Waals surface area contributed by atoms with Gasteiger partial charge in [-0.3, -0.25) is 4.79 Å². The van der Waals surface area contributed by atoms with E-state index in [2.05, 4.69) is 29.4 Å². The highest BCUT2D eigenvalue weighted by atomic mass is 32.2. The molecule has 1 aromatic rings. The van der Waals surface area contributed by atoms with Gasteiger partial charge in [-0.05, 0) is 30.4 Å². The van der Waals surface area contributed by atoms with Gasteiger partial charge in [0.2, 0.25) is 10.0 Å². The normalized spacial score (nSPS) is 27.5. The van der Waals surface area contributed by atoms with Gasteiger partial charge >= 0.3 is 0 Å². The molecule has 5 rings (SSSR count). The first-order valence-corrected chi connectivity index (χ1v) is 11.9. The molecule has 164 valence electrons. The largest absolute Gasteiger partial charge is 0.497 e. The molecule has 0 bridgehead atoms. The van der Waals surface area contributed by atoms with Crippen LogP contribution in [0.2, 0.25) is 0 Å². The molecule has 1 atom stereocenters. The number of carbonyl (C=O) groups excluding carboxylic acids is 1. The predicted octanol–water partition coefficient (Wildman–Crippen LogP) is 3.00. The molecule has 3 aliphatic heterocycles. The lowest BCUT2D eigenvalue weighted by molar-refractivity contribution is -0.119. The van der Waals surface area contributed by atoms with Crippen molar-refractivity contribution in [2.45, 2.75) is 38.0 Å². The van der Waals surface area contributed by atoms with Crippen molar-refractivity contribution in [2.24, 2.45) is 21.1 Å². The van der Waals surface area contributed by atoms with Crippen LogP contribution in [0, 0.1) is 10.8 Å². The smallest absolute Gasteiger partial charge is 0.243 e. The van der Waals surface area contributed by atoms with E-state index in [1.165, 1.54) is 17.5 Å². The molecule has 1 aliphatic carbocycles. The van der Waals surface area contributed by atoms with Crippen molar-refractivity contribution in [2.75, 3.05) is 26.7 Å². The van der Waals surface area contributed by atoms with E-state index in [0.717, 1.165) is 23.3 Å². The zero-order valence-electron chi connectivity index (χ0n) is 17.9. The molecule has 31 heavy (non-hydrogen) atoms. The number of carbonyl (C=O) groups is 1. The van der Waals surface area contributed by atoms with E-state index in [4.69, 9.17) is 4.74 Å². The first-order chi connectivity index (χ1) is 14.7. The van der Waals surface area contributed by atoms with Crippen molar-refractivity contribution in [3.05, 3.63) is 46.9 Å². The maximum absolute atomic E-state index is 13.5. The summed E-state index contributed by atoms with van der Waals surface area (Å²) in [7, 11) is -2.23. The van der Waals surface area contributed by atoms with Crippen molar-refractivity contribution in [1.82, 2.24) is 9.62 Å². The topological polar surface area (TPSA) is 100 Å². The molecule has 1 N–H and O–H groups in total. The van der Waals surface area contributed by atoms with Crippen LogP contribution in [0.25, 0.3) is 0 Å². The van der Waals surface area contributed by atoms with E-state index < -0.39 is 15.4 Å². The lowest BCUT2D eigenvalue weighted by Gasteiger charge is -2.43. The highest BCUT2D eigenvalue weighted by Crippen LogP contribution is 2.54. The predicted molar refractivity (Wildman–Crippen MR) is 114 cm³/mol. The summed E-state index contributed by atoms with van der Waals surface area (Å²) in [4.78, 5) is 13.5. The molecule has 4 aliphatic rings. The number of hydrogen-bond acceptors (Lipinski definition) is 7. The van der Waals surface area contributed by atoms with Crippen LogP contribution in [0.1, 0.15) is 33.1 Å². The third kappa shape index (κ3) is 3.05. The van der Waals surface area contributed by atoms with E-state index in [0.29, 0.717) is 37.5 Å². The fourth-order valence-electron chi connectivity index (χ4n) is 5.41. The number of fused-ring (bicyclic) bond motifs is 2. The molecule has 0 saturated carbocycles. The standard InChI is InChI=1S/C22H26N4O4S/c1-21(2)10-17-19(18(27)11-21)22(16-12-23-25-20(16)24-17)7-8-26(13-22)31(28,29)15-6-4-5-14(9-15)30-3/h4-6,9,24H,7-8,10-13H2,1-3H3/t22-/m0/s1. The lowest BCUT2D eigenvalue weighted by Crippen LogP contribution is -2.45. The second kappa shape index (κ2) is 6.74. The molecule has 0 aromatic heterocycles. The first-order valence-electron chi connectivity index (χ1n) is 10.5. The molecule has 1 saturated heterocycles. The maximum Gasteiger partial charge on any atom is 0.243 e. The van der Waals surface area contributed by atoms with Crippen LogP contribution >= 0.6 is 0 Å². The second-order valence-electron chi connectivity index (χ2n) is 9.50. The van der Waals surface area contributed by atoms with Gasteiger partial charge in [0.1, 0.15) is 5.75 Å². The summed E-state index contributed by atoms with van der Waals surface area (Å²) in [5.74, 6) is 1.27. The number of nitrogens with one attached hydrogen (secondary N) is 1. The van der Waals surface area contributed by atoms with Crippen molar-refractivity contribution in [3.63, 3.8) is 0 Å². The highest BCUT2D eigenvalue weighted by Gasteiger charge is 2.55. The fraction of sp³-hybridized carbons (Fsp3) is 0.500. The number of benzene rings is 1. The monoisotopic (exact) mass is 442 g/mol. The number of rotatable bonds is 3. The van der Waals surface area contributed by atoms with E-state index in [-0.39, 0.29) is 22.6 Å². The molecule has 0 unspecified atom stereocenters.